The number of carboxylic acid groups (broad SMARTS) is 1. The number of rotatable bonds is 6. The van der Waals surface area contributed by atoms with Crippen molar-refractivity contribution in [3.63, 3.8) is 0 Å². The van der Waals surface area contributed by atoms with Crippen LogP contribution in [0.5, 0.6) is 5.75 Å². The van der Waals surface area contributed by atoms with Gasteiger partial charge in [-0.25, -0.2) is 0 Å². The number of carbonyl (C=O) groups excluding carboxylic acids is 1. The average molecular weight is 281 g/mol. The number of aliphatic hydroxyl groups is 1. The van der Waals surface area contributed by atoms with Crippen molar-refractivity contribution >= 4 is 11.9 Å². The van der Waals surface area contributed by atoms with Crippen LogP contribution in [-0.2, 0) is 16.0 Å². The zero-order valence-corrected chi connectivity index (χ0v) is 11.5. The first-order valence-corrected chi connectivity index (χ1v) is 6.17. The molecular formula is C14H19NO5. The van der Waals surface area contributed by atoms with Crippen molar-refractivity contribution in [2.24, 2.45) is 11.1 Å². The molecule has 0 heterocycles. The minimum atomic E-state index is -1.06. The highest BCUT2D eigenvalue weighted by molar-refractivity contribution is 5.78. The topological polar surface area (TPSA) is 110 Å². The fourth-order valence-corrected chi connectivity index (χ4v) is 1.34. The highest BCUT2D eigenvalue weighted by Gasteiger charge is 2.28. The number of carbonyl (C=O) groups is 2. The number of ether oxygens (including phenoxy) is 1. The summed E-state index contributed by atoms with van der Waals surface area (Å²) in [5.74, 6) is -1.26. The summed E-state index contributed by atoms with van der Waals surface area (Å²) in [6.45, 7) is 2.85. The van der Waals surface area contributed by atoms with Crippen molar-refractivity contribution in [2.45, 2.75) is 26.3 Å². The first kappa shape index (κ1) is 16.1. The van der Waals surface area contributed by atoms with Gasteiger partial charge in [-0.05, 0) is 38.0 Å². The van der Waals surface area contributed by atoms with Crippen molar-refractivity contribution < 1.29 is 24.5 Å². The van der Waals surface area contributed by atoms with Gasteiger partial charge in [-0.2, -0.15) is 0 Å². The Labute approximate surface area is 117 Å². The molecule has 1 aromatic carbocycles. The van der Waals surface area contributed by atoms with Crippen LogP contribution >= 0.6 is 0 Å². The summed E-state index contributed by atoms with van der Waals surface area (Å²) in [4.78, 5) is 22.4. The van der Waals surface area contributed by atoms with E-state index < -0.39 is 23.4 Å². The monoisotopic (exact) mass is 281 g/mol. The highest BCUT2D eigenvalue weighted by atomic mass is 16.5. The summed E-state index contributed by atoms with van der Waals surface area (Å²) in [5, 5.41) is 17.8. The van der Waals surface area contributed by atoms with Crippen LogP contribution in [0.3, 0.4) is 0 Å². The number of hydrogen-bond donors (Lipinski definition) is 3. The third-order valence-electron chi connectivity index (χ3n) is 2.85. The van der Waals surface area contributed by atoms with Gasteiger partial charge < -0.3 is 20.7 Å². The molecule has 0 aliphatic rings. The fraction of sp³-hybridized carbons (Fsp3) is 0.429. The van der Waals surface area contributed by atoms with Crippen LogP contribution in [0.1, 0.15) is 19.4 Å². The van der Waals surface area contributed by atoms with Crippen molar-refractivity contribution in [2.75, 3.05) is 6.61 Å². The highest BCUT2D eigenvalue weighted by Crippen LogP contribution is 2.20. The van der Waals surface area contributed by atoms with Gasteiger partial charge in [-0.3, -0.25) is 9.59 Å². The Morgan fingerprint density at radius 1 is 1.30 bits per heavy atom. The van der Waals surface area contributed by atoms with E-state index in [1.807, 2.05) is 0 Å². The molecule has 6 heteroatoms. The van der Waals surface area contributed by atoms with Gasteiger partial charge in [0.05, 0.1) is 12.0 Å². The van der Waals surface area contributed by atoms with E-state index in [9.17, 15) is 9.59 Å². The molecule has 0 saturated heterocycles. The molecule has 0 saturated carbocycles. The third kappa shape index (κ3) is 4.32. The van der Waals surface area contributed by atoms with E-state index >= 15 is 0 Å². The molecule has 110 valence electrons. The third-order valence-corrected chi connectivity index (χ3v) is 2.85. The predicted octanol–water partition coefficient (Wildman–Crippen LogP) is 0.565. The summed E-state index contributed by atoms with van der Waals surface area (Å²) >= 11 is 0. The van der Waals surface area contributed by atoms with Gasteiger partial charge in [0, 0.05) is 0 Å². The number of nitrogens with two attached hydrogens (primary N) is 1. The van der Waals surface area contributed by atoms with Crippen molar-refractivity contribution in [3.05, 3.63) is 29.8 Å². The van der Waals surface area contributed by atoms with E-state index in [0.717, 1.165) is 5.56 Å². The minimum Gasteiger partial charge on any atom is -0.480 e. The van der Waals surface area contributed by atoms with Gasteiger partial charge in [0.2, 0.25) is 0 Å². The summed E-state index contributed by atoms with van der Waals surface area (Å²) in [7, 11) is 0. The molecule has 0 unspecified atom stereocenters. The van der Waals surface area contributed by atoms with E-state index in [1.165, 1.54) is 0 Å². The van der Waals surface area contributed by atoms with Crippen LogP contribution < -0.4 is 10.5 Å². The zero-order valence-electron chi connectivity index (χ0n) is 11.5. The molecule has 0 bridgehead atoms. The van der Waals surface area contributed by atoms with Gasteiger partial charge in [-0.1, -0.05) is 12.1 Å². The second-order valence-corrected chi connectivity index (χ2v) is 5.22. The molecule has 6 nitrogen and oxygen atoms in total. The molecule has 0 fully saturated rings. The van der Waals surface area contributed by atoms with E-state index in [4.69, 9.17) is 20.7 Å². The molecule has 1 aromatic rings. The summed E-state index contributed by atoms with van der Waals surface area (Å²) in [6, 6.07) is 5.47. The number of carboxylic acids is 1. The summed E-state index contributed by atoms with van der Waals surface area (Å²) in [5.41, 5.74) is 5.20. The Hall–Kier alpha value is -1.92. The minimum absolute atomic E-state index is 0.200. The molecule has 0 aliphatic heterocycles. The van der Waals surface area contributed by atoms with Crippen LogP contribution in [0.2, 0.25) is 0 Å². The van der Waals surface area contributed by atoms with Crippen molar-refractivity contribution in [1.82, 2.24) is 0 Å². The predicted molar refractivity (Wildman–Crippen MR) is 72.3 cm³/mol. The molecule has 4 N–H and O–H groups in total. The average Bonchev–Trinajstić information content (AvgIpc) is 2.40. The lowest BCUT2D eigenvalue weighted by atomic mass is 9.95. The molecule has 20 heavy (non-hydrogen) atoms. The van der Waals surface area contributed by atoms with Crippen LogP contribution in [0.15, 0.2) is 24.3 Å². The van der Waals surface area contributed by atoms with Crippen molar-refractivity contribution in [1.29, 1.82) is 0 Å². The van der Waals surface area contributed by atoms with Gasteiger partial charge in [0.1, 0.15) is 11.8 Å². The Bertz CT molecular complexity index is 481. The maximum absolute atomic E-state index is 11.7. The van der Waals surface area contributed by atoms with E-state index in [2.05, 4.69) is 0 Å². The lowest BCUT2D eigenvalue weighted by Crippen LogP contribution is -2.32. The smallest absolute Gasteiger partial charge is 0.320 e. The SMILES string of the molecule is CC(C)(CO)C(=O)Oc1ccc(C[C@H](N)C(=O)O)cc1. The second-order valence-electron chi connectivity index (χ2n) is 5.22. The lowest BCUT2D eigenvalue weighted by molar-refractivity contribution is -0.146. The lowest BCUT2D eigenvalue weighted by Gasteiger charge is -2.19. The van der Waals surface area contributed by atoms with Crippen molar-refractivity contribution in [3.8, 4) is 5.75 Å². The van der Waals surface area contributed by atoms with Crippen LogP contribution in [0, 0.1) is 5.41 Å². The number of benzene rings is 1. The molecule has 0 spiro atoms. The Kier molecular flexibility index (Phi) is 5.24. The van der Waals surface area contributed by atoms with Gasteiger partial charge in [-0.15, -0.1) is 0 Å². The number of aliphatic carboxylic acids is 1. The van der Waals surface area contributed by atoms with Crippen LogP contribution in [0.4, 0.5) is 0 Å². The maximum Gasteiger partial charge on any atom is 0.320 e. The Balaban J connectivity index is 2.68. The van der Waals surface area contributed by atoms with Gasteiger partial charge >= 0.3 is 11.9 Å². The molecule has 0 radical (unpaired) electrons. The zero-order chi connectivity index (χ0) is 15.3. The number of hydrogen-bond acceptors (Lipinski definition) is 5. The van der Waals surface area contributed by atoms with E-state index in [-0.39, 0.29) is 13.0 Å². The maximum atomic E-state index is 11.7. The summed E-state index contributed by atoms with van der Waals surface area (Å²) < 4.78 is 5.13. The first-order chi connectivity index (χ1) is 9.26. The number of esters is 1. The largest absolute Gasteiger partial charge is 0.480 e. The molecule has 1 atom stereocenters. The van der Waals surface area contributed by atoms with Crippen LogP contribution in [-0.4, -0.2) is 34.8 Å². The van der Waals surface area contributed by atoms with E-state index in [0.29, 0.717) is 5.75 Å². The standard InChI is InChI=1S/C14H19NO5/c1-14(2,8-16)13(19)20-10-5-3-9(4-6-10)7-11(15)12(17)18/h3-6,11,16H,7-8,15H2,1-2H3,(H,17,18)/t11-/m0/s1. The van der Waals surface area contributed by atoms with E-state index in [1.54, 1.807) is 38.1 Å². The summed E-state index contributed by atoms with van der Waals surface area (Å²) in [6.07, 6.45) is 0.200. The second kappa shape index (κ2) is 6.49. The molecule has 0 amide bonds. The number of aliphatic hydroxyl groups excluding tert-OH is 1. The first-order valence-electron chi connectivity index (χ1n) is 6.17. The Morgan fingerprint density at radius 2 is 1.85 bits per heavy atom. The van der Waals surface area contributed by atoms with Gasteiger partial charge in [0.15, 0.2) is 0 Å². The van der Waals surface area contributed by atoms with Gasteiger partial charge in [0.25, 0.3) is 0 Å². The normalized spacial score (nSPS) is 12.8. The quantitative estimate of drug-likeness (QED) is 0.519. The molecular weight excluding hydrogens is 262 g/mol. The van der Waals surface area contributed by atoms with Crippen LogP contribution in [0.25, 0.3) is 0 Å². The fourth-order valence-electron chi connectivity index (χ4n) is 1.34. The molecule has 0 aliphatic carbocycles. The molecule has 1 rings (SSSR count). The Morgan fingerprint density at radius 3 is 2.30 bits per heavy atom. The molecule has 0 aromatic heterocycles.